The quantitative estimate of drug-likeness (QED) is 0.844. The summed E-state index contributed by atoms with van der Waals surface area (Å²) in [5.41, 5.74) is 1.94. The molecule has 1 aromatic rings. The second-order valence-electron chi connectivity index (χ2n) is 7.64. The smallest absolute Gasteiger partial charge is 0.252 e. The zero-order valence-corrected chi connectivity index (χ0v) is 14.7. The van der Waals surface area contributed by atoms with Gasteiger partial charge in [0.2, 0.25) is 0 Å². The zero-order chi connectivity index (χ0) is 17.3. The van der Waals surface area contributed by atoms with Crippen molar-refractivity contribution in [2.75, 3.05) is 18.0 Å². The van der Waals surface area contributed by atoms with E-state index in [0.717, 1.165) is 51.0 Å². The van der Waals surface area contributed by atoms with Gasteiger partial charge < -0.3 is 9.47 Å². The van der Waals surface area contributed by atoms with E-state index < -0.39 is 0 Å². The van der Waals surface area contributed by atoms with Crippen molar-refractivity contribution in [2.24, 2.45) is 11.3 Å². The third kappa shape index (κ3) is 3.28. The van der Waals surface area contributed by atoms with Crippen LogP contribution in [0.4, 0.5) is 5.69 Å². The van der Waals surface area contributed by atoms with Gasteiger partial charge in [-0.25, -0.2) is 0 Å². The monoisotopic (exact) mass is 335 g/mol. The summed E-state index contributed by atoms with van der Waals surface area (Å²) in [6.45, 7) is 2.51. The fraction of sp³-hybridized carbons (Fsp3) is 0.524. The van der Waals surface area contributed by atoms with Crippen molar-refractivity contribution < 1.29 is 0 Å². The summed E-state index contributed by atoms with van der Waals surface area (Å²) in [6.07, 6.45) is 14.8. The van der Waals surface area contributed by atoms with E-state index in [-0.39, 0.29) is 11.0 Å². The van der Waals surface area contributed by atoms with Gasteiger partial charge in [0.1, 0.15) is 0 Å². The highest BCUT2D eigenvalue weighted by molar-refractivity contribution is 5.47. The average Bonchev–Trinajstić information content (AvgIpc) is 3.48. The predicted molar refractivity (Wildman–Crippen MR) is 99.4 cm³/mol. The molecular weight excluding hydrogens is 310 g/mol. The van der Waals surface area contributed by atoms with E-state index in [9.17, 15) is 10.1 Å². The van der Waals surface area contributed by atoms with Gasteiger partial charge in [-0.1, -0.05) is 18.2 Å². The highest BCUT2D eigenvalue weighted by Gasteiger charge is 2.37. The minimum atomic E-state index is -0.353. The van der Waals surface area contributed by atoms with E-state index in [1.54, 1.807) is 6.07 Å². The van der Waals surface area contributed by atoms with Crippen molar-refractivity contribution in [2.45, 2.75) is 45.1 Å². The second-order valence-corrected chi connectivity index (χ2v) is 7.64. The maximum Gasteiger partial charge on any atom is 0.252 e. The predicted octanol–water partition coefficient (Wildman–Crippen LogP) is 3.64. The standard InChI is InChI=1S/C21H25N3O/c22-16-21(18-4-2-1-3-5-18)9-12-23(13-10-21)19-8-11-24(20(25)14-19)15-17-6-7-17/h2,4-5,8,11,14,17H,1,3,6-7,9-10,12-13,15H2. The van der Waals surface area contributed by atoms with Gasteiger partial charge in [0.15, 0.2) is 0 Å². The van der Waals surface area contributed by atoms with E-state index in [0.29, 0.717) is 5.92 Å². The number of aromatic nitrogens is 1. The van der Waals surface area contributed by atoms with Crippen molar-refractivity contribution in [1.29, 1.82) is 5.26 Å². The molecule has 0 radical (unpaired) electrons. The van der Waals surface area contributed by atoms with Gasteiger partial charge in [-0.15, -0.1) is 0 Å². The molecule has 0 spiro atoms. The molecule has 4 rings (SSSR count). The number of piperidine rings is 1. The SMILES string of the molecule is N#CC1(C2=CCCC=C2)CCN(c2ccn(CC3CC3)c(=O)c2)CC1. The summed E-state index contributed by atoms with van der Waals surface area (Å²) >= 11 is 0. The molecule has 3 aliphatic rings. The molecule has 0 aromatic carbocycles. The number of anilines is 1. The van der Waals surface area contributed by atoms with Gasteiger partial charge in [0, 0.05) is 37.6 Å². The Morgan fingerprint density at radius 1 is 1.24 bits per heavy atom. The Kier molecular flexibility index (Phi) is 4.25. The second kappa shape index (κ2) is 6.55. The lowest BCUT2D eigenvalue weighted by molar-refractivity contribution is 0.366. The number of nitrogens with zero attached hydrogens (tertiary/aromatic N) is 3. The lowest BCUT2D eigenvalue weighted by Crippen LogP contribution is -2.41. The molecule has 1 saturated heterocycles. The van der Waals surface area contributed by atoms with Crippen molar-refractivity contribution in [1.82, 2.24) is 4.57 Å². The van der Waals surface area contributed by atoms with Crippen LogP contribution in [0, 0.1) is 22.7 Å². The van der Waals surface area contributed by atoms with Crippen LogP contribution in [0.3, 0.4) is 0 Å². The van der Waals surface area contributed by atoms with Gasteiger partial charge in [-0.3, -0.25) is 4.79 Å². The van der Waals surface area contributed by atoms with Crippen molar-refractivity contribution in [3.63, 3.8) is 0 Å². The first-order valence-corrected chi connectivity index (χ1v) is 9.44. The first kappa shape index (κ1) is 16.2. The summed E-state index contributed by atoms with van der Waals surface area (Å²) in [6, 6.07) is 6.42. The van der Waals surface area contributed by atoms with Gasteiger partial charge in [-0.05, 0) is 56.1 Å². The van der Waals surface area contributed by atoms with Crippen LogP contribution < -0.4 is 10.5 Å². The normalized spacial score (nSPS) is 22.4. The van der Waals surface area contributed by atoms with Crippen LogP contribution >= 0.6 is 0 Å². The average molecular weight is 335 g/mol. The van der Waals surface area contributed by atoms with E-state index in [1.807, 2.05) is 10.8 Å². The van der Waals surface area contributed by atoms with E-state index in [4.69, 9.17) is 0 Å². The van der Waals surface area contributed by atoms with Gasteiger partial charge in [-0.2, -0.15) is 5.26 Å². The first-order chi connectivity index (χ1) is 12.2. The van der Waals surface area contributed by atoms with Gasteiger partial charge in [0.25, 0.3) is 5.56 Å². The Labute approximate surface area is 149 Å². The molecule has 2 fully saturated rings. The third-order valence-electron chi connectivity index (χ3n) is 5.88. The molecule has 0 bridgehead atoms. The zero-order valence-electron chi connectivity index (χ0n) is 14.7. The van der Waals surface area contributed by atoms with Crippen LogP contribution in [-0.2, 0) is 6.54 Å². The lowest BCUT2D eigenvalue weighted by Gasteiger charge is -2.39. The first-order valence-electron chi connectivity index (χ1n) is 9.44. The molecule has 4 nitrogen and oxygen atoms in total. The fourth-order valence-electron chi connectivity index (χ4n) is 4.00. The summed E-state index contributed by atoms with van der Waals surface area (Å²) in [5.74, 6) is 0.701. The van der Waals surface area contributed by atoms with E-state index in [1.165, 1.54) is 18.4 Å². The minimum Gasteiger partial charge on any atom is -0.371 e. The van der Waals surface area contributed by atoms with Crippen LogP contribution in [0.5, 0.6) is 0 Å². The Morgan fingerprint density at radius 2 is 2.04 bits per heavy atom. The van der Waals surface area contributed by atoms with E-state index in [2.05, 4.69) is 35.3 Å². The molecular formula is C21H25N3O. The number of rotatable bonds is 4. The highest BCUT2D eigenvalue weighted by Crippen LogP contribution is 2.41. The molecule has 2 aliphatic carbocycles. The lowest BCUT2D eigenvalue weighted by atomic mass is 9.72. The summed E-state index contributed by atoms with van der Waals surface area (Å²) < 4.78 is 1.84. The molecule has 2 heterocycles. The fourth-order valence-corrected chi connectivity index (χ4v) is 4.00. The number of pyridine rings is 1. The number of hydrogen-bond donors (Lipinski definition) is 0. The molecule has 1 saturated carbocycles. The molecule has 25 heavy (non-hydrogen) atoms. The Balaban J connectivity index is 1.47. The number of allylic oxidation sites excluding steroid dienone is 4. The molecule has 4 heteroatoms. The molecule has 0 amide bonds. The summed E-state index contributed by atoms with van der Waals surface area (Å²) in [4.78, 5) is 14.6. The summed E-state index contributed by atoms with van der Waals surface area (Å²) in [5, 5.41) is 9.82. The Hall–Kier alpha value is -2.28. The highest BCUT2D eigenvalue weighted by atomic mass is 16.1. The summed E-state index contributed by atoms with van der Waals surface area (Å²) in [7, 11) is 0. The van der Waals surface area contributed by atoms with E-state index >= 15 is 0 Å². The van der Waals surface area contributed by atoms with Crippen LogP contribution in [-0.4, -0.2) is 17.7 Å². The number of hydrogen-bond acceptors (Lipinski definition) is 3. The Morgan fingerprint density at radius 3 is 2.64 bits per heavy atom. The molecule has 0 N–H and O–H groups in total. The van der Waals surface area contributed by atoms with Crippen molar-refractivity contribution in [3.8, 4) is 6.07 Å². The van der Waals surface area contributed by atoms with Gasteiger partial charge in [0.05, 0.1) is 11.5 Å². The molecule has 1 aromatic heterocycles. The van der Waals surface area contributed by atoms with Gasteiger partial charge >= 0.3 is 0 Å². The van der Waals surface area contributed by atoms with Crippen LogP contribution in [0.1, 0.15) is 38.5 Å². The largest absolute Gasteiger partial charge is 0.371 e. The Bertz CT molecular complexity index is 799. The van der Waals surface area contributed by atoms with Crippen LogP contribution in [0.25, 0.3) is 0 Å². The minimum absolute atomic E-state index is 0.0967. The van der Waals surface area contributed by atoms with Crippen LogP contribution in [0.15, 0.2) is 46.9 Å². The van der Waals surface area contributed by atoms with Crippen LogP contribution in [0.2, 0.25) is 0 Å². The molecule has 1 aliphatic heterocycles. The third-order valence-corrected chi connectivity index (χ3v) is 5.88. The number of nitriles is 1. The molecule has 0 unspecified atom stereocenters. The molecule has 130 valence electrons. The maximum absolute atomic E-state index is 12.3. The maximum atomic E-state index is 12.3. The topological polar surface area (TPSA) is 49.0 Å². The molecule has 0 atom stereocenters. The van der Waals surface area contributed by atoms with Crippen molar-refractivity contribution in [3.05, 3.63) is 52.5 Å². The van der Waals surface area contributed by atoms with Crippen molar-refractivity contribution >= 4 is 5.69 Å².